The molecular formula is C19H23N. The molecule has 0 saturated heterocycles. The average molecular weight is 265 g/mol. The molecule has 0 bridgehead atoms. The van der Waals surface area contributed by atoms with E-state index in [2.05, 4.69) is 67.0 Å². The third-order valence-electron chi connectivity index (χ3n) is 4.61. The van der Waals surface area contributed by atoms with Crippen LogP contribution in [0.5, 0.6) is 0 Å². The highest BCUT2D eigenvalue weighted by Crippen LogP contribution is 2.43. The third kappa shape index (κ3) is 2.78. The standard InChI is InChI=1S/C19H23N/c1-20-15-19(12-5-13-19)14-16-8-10-18(11-9-16)17-6-3-2-4-7-17/h2-4,6-11,20H,5,12-15H2,1H3. The van der Waals surface area contributed by atoms with Gasteiger partial charge in [-0.2, -0.15) is 0 Å². The fourth-order valence-electron chi connectivity index (χ4n) is 3.35. The fraction of sp³-hybridized carbons (Fsp3) is 0.368. The second-order valence-electron chi connectivity index (χ2n) is 6.12. The normalized spacial score (nSPS) is 16.6. The Morgan fingerprint density at radius 3 is 2.10 bits per heavy atom. The van der Waals surface area contributed by atoms with Gasteiger partial charge in [0.15, 0.2) is 0 Å². The van der Waals surface area contributed by atoms with Crippen LogP contribution in [0.3, 0.4) is 0 Å². The van der Waals surface area contributed by atoms with Crippen molar-refractivity contribution >= 4 is 0 Å². The smallest absolute Gasteiger partial charge is 0.000799 e. The van der Waals surface area contributed by atoms with Crippen molar-refractivity contribution in [1.82, 2.24) is 5.32 Å². The van der Waals surface area contributed by atoms with E-state index in [1.807, 2.05) is 0 Å². The number of rotatable bonds is 5. The van der Waals surface area contributed by atoms with E-state index in [-0.39, 0.29) is 0 Å². The molecule has 1 aliphatic carbocycles. The summed E-state index contributed by atoms with van der Waals surface area (Å²) in [5.41, 5.74) is 4.60. The zero-order valence-electron chi connectivity index (χ0n) is 12.2. The summed E-state index contributed by atoms with van der Waals surface area (Å²) < 4.78 is 0. The van der Waals surface area contributed by atoms with Crippen molar-refractivity contribution in [3.05, 3.63) is 60.2 Å². The van der Waals surface area contributed by atoms with E-state index in [9.17, 15) is 0 Å². The van der Waals surface area contributed by atoms with E-state index in [0.717, 1.165) is 6.54 Å². The predicted molar refractivity (Wildman–Crippen MR) is 85.8 cm³/mol. The Balaban J connectivity index is 1.73. The van der Waals surface area contributed by atoms with Gasteiger partial charge < -0.3 is 5.32 Å². The van der Waals surface area contributed by atoms with Crippen LogP contribution in [0.25, 0.3) is 11.1 Å². The minimum Gasteiger partial charge on any atom is -0.319 e. The Morgan fingerprint density at radius 1 is 0.900 bits per heavy atom. The molecule has 2 aromatic carbocycles. The van der Waals surface area contributed by atoms with Gasteiger partial charge >= 0.3 is 0 Å². The van der Waals surface area contributed by atoms with Crippen LogP contribution in [0.2, 0.25) is 0 Å². The van der Waals surface area contributed by atoms with Crippen LogP contribution in [-0.4, -0.2) is 13.6 Å². The third-order valence-corrected chi connectivity index (χ3v) is 4.61. The van der Waals surface area contributed by atoms with Crippen LogP contribution in [0.15, 0.2) is 54.6 Å². The van der Waals surface area contributed by atoms with Crippen LogP contribution in [0.4, 0.5) is 0 Å². The van der Waals surface area contributed by atoms with Gasteiger partial charge in [-0.1, -0.05) is 61.0 Å². The quantitative estimate of drug-likeness (QED) is 0.850. The van der Waals surface area contributed by atoms with Crippen molar-refractivity contribution in [2.75, 3.05) is 13.6 Å². The lowest BCUT2D eigenvalue weighted by Crippen LogP contribution is -2.40. The lowest BCUT2D eigenvalue weighted by atomic mass is 9.65. The summed E-state index contributed by atoms with van der Waals surface area (Å²) in [6.07, 6.45) is 5.34. The average Bonchev–Trinajstić information content (AvgIpc) is 2.47. The minimum atomic E-state index is 0.517. The first-order valence-corrected chi connectivity index (χ1v) is 7.60. The number of nitrogens with one attached hydrogen (secondary N) is 1. The Kier molecular flexibility index (Phi) is 3.88. The lowest BCUT2D eigenvalue weighted by molar-refractivity contribution is 0.133. The molecule has 1 heteroatoms. The summed E-state index contributed by atoms with van der Waals surface area (Å²) in [6.45, 7) is 1.15. The van der Waals surface area contributed by atoms with Crippen molar-refractivity contribution in [3.8, 4) is 11.1 Å². The molecule has 0 spiro atoms. The Labute approximate surface area is 122 Å². The maximum Gasteiger partial charge on any atom is 0.000799 e. The van der Waals surface area contributed by atoms with Crippen LogP contribution in [-0.2, 0) is 6.42 Å². The highest BCUT2D eigenvalue weighted by molar-refractivity contribution is 5.63. The van der Waals surface area contributed by atoms with Gasteiger partial charge in [0.2, 0.25) is 0 Å². The zero-order chi connectivity index (χ0) is 13.8. The van der Waals surface area contributed by atoms with E-state index in [0.29, 0.717) is 5.41 Å². The molecule has 0 unspecified atom stereocenters. The van der Waals surface area contributed by atoms with Gasteiger partial charge in [-0.15, -0.1) is 0 Å². The van der Waals surface area contributed by atoms with Crippen molar-refractivity contribution in [2.24, 2.45) is 5.41 Å². The van der Waals surface area contributed by atoms with Crippen molar-refractivity contribution in [3.63, 3.8) is 0 Å². The Bertz CT molecular complexity index is 538. The molecule has 1 aliphatic rings. The second kappa shape index (κ2) is 5.80. The molecule has 0 aliphatic heterocycles. The molecule has 1 fully saturated rings. The molecule has 0 amide bonds. The fourth-order valence-corrected chi connectivity index (χ4v) is 3.35. The Morgan fingerprint density at radius 2 is 1.55 bits per heavy atom. The van der Waals surface area contributed by atoms with Crippen LogP contribution < -0.4 is 5.32 Å². The minimum absolute atomic E-state index is 0.517. The molecule has 1 nitrogen and oxygen atoms in total. The molecule has 0 aromatic heterocycles. The monoisotopic (exact) mass is 265 g/mol. The highest BCUT2D eigenvalue weighted by Gasteiger charge is 2.36. The molecule has 1 N–H and O–H groups in total. The molecule has 20 heavy (non-hydrogen) atoms. The molecule has 1 saturated carbocycles. The van der Waals surface area contributed by atoms with Gasteiger partial charge in [-0.25, -0.2) is 0 Å². The van der Waals surface area contributed by atoms with Crippen LogP contribution >= 0.6 is 0 Å². The number of hydrogen-bond donors (Lipinski definition) is 1. The van der Waals surface area contributed by atoms with Gasteiger partial charge in [0.1, 0.15) is 0 Å². The van der Waals surface area contributed by atoms with E-state index in [4.69, 9.17) is 0 Å². The van der Waals surface area contributed by atoms with E-state index < -0.39 is 0 Å². The molecular weight excluding hydrogens is 242 g/mol. The SMILES string of the molecule is CNCC1(Cc2ccc(-c3ccccc3)cc2)CCC1. The van der Waals surface area contributed by atoms with Gasteiger partial charge in [0.25, 0.3) is 0 Å². The van der Waals surface area contributed by atoms with Crippen molar-refractivity contribution in [2.45, 2.75) is 25.7 Å². The highest BCUT2D eigenvalue weighted by atomic mass is 14.8. The molecule has 104 valence electrons. The van der Waals surface area contributed by atoms with Gasteiger partial charge in [0.05, 0.1) is 0 Å². The topological polar surface area (TPSA) is 12.0 Å². The van der Waals surface area contributed by atoms with Gasteiger partial charge in [-0.05, 0) is 48.4 Å². The van der Waals surface area contributed by atoms with E-state index in [1.165, 1.54) is 42.4 Å². The summed E-state index contributed by atoms with van der Waals surface area (Å²) in [4.78, 5) is 0. The van der Waals surface area contributed by atoms with Gasteiger partial charge in [0, 0.05) is 6.54 Å². The van der Waals surface area contributed by atoms with Crippen molar-refractivity contribution in [1.29, 1.82) is 0 Å². The lowest BCUT2D eigenvalue weighted by Gasteiger charge is -2.42. The summed E-state index contributed by atoms with van der Waals surface area (Å²) in [6, 6.07) is 19.7. The molecule has 0 radical (unpaired) electrons. The van der Waals surface area contributed by atoms with E-state index >= 15 is 0 Å². The second-order valence-corrected chi connectivity index (χ2v) is 6.12. The Hall–Kier alpha value is -1.60. The number of benzene rings is 2. The summed E-state index contributed by atoms with van der Waals surface area (Å²) in [7, 11) is 2.07. The predicted octanol–water partition coefficient (Wildman–Crippen LogP) is 4.29. The maximum absolute atomic E-state index is 3.37. The van der Waals surface area contributed by atoms with E-state index in [1.54, 1.807) is 0 Å². The van der Waals surface area contributed by atoms with Crippen LogP contribution in [0, 0.1) is 5.41 Å². The maximum atomic E-state index is 3.37. The largest absolute Gasteiger partial charge is 0.319 e. The zero-order valence-corrected chi connectivity index (χ0v) is 12.2. The van der Waals surface area contributed by atoms with Crippen LogP contribution in [0.1, 0.15) is 24.8 Å². The summed E-state index contributed by atoms with van der Waals surface area (Å²) in [5, 5.41) is 3.37. The molecule has 0 atom stereocenters. The molecule has 0 heterocycles. The first-order chi connectivity index (χ1) is 9.81. The number of hydrogen-bond acceptors (Lipinski definition) is 1. The first kappa shape index (κ1) is 13.4. The summed E-state index contributed by atoms with van der Waals surface area (Å²) >= 11 is 0. The van der Waals surface area contributed by atoms with Gasteiger partial charge in [-0.3, -0.25) is 0 Å². The molecule has 3 rings (SSSR count). The van der Waals surface area contributed by atoms with Crippen molar-refractivity contribution < 1.29 is 0 Å². The summed E-state index contributed by atoms with van der Waals surface area (Å²) in [5.74, 6) is 0. The molecule has 2 aromatic rings. The first-order valence-electron chi connectivity index (χ1n) is 7.60.